The fourth-order valence-corrected chi connectivity index (χ4v) is 2.38. The van der Waals surface area contributed by atoms with Crippen molar-refractivity contribution in [2.75, 3.05) is 5.32 Å². The molecule has 2 heterocycles. The highest BCUT2D eigenvalue weighted by atomic mass is 35.5. The standard InChI is InChI=1S/C14H12ClN5O2/c1-8(9-2-3-10-11(4-9)18-7-17-10)19-12-5-14(15)16-6-13(12)20(21)22/h2-8H,1H3,(H,16,19)(H,17,18)/t8-/m0/s1. The van der Waals surface area contributed by atoms with Crippen molar-refractivity contribution in [3.63, 3.8) is 0 Å². The van der Waals surface area contributed by atoms with Crippen LogP contribution < -0.4 is 5.32 Å². The molecule has 0 aliphatic carbocycles. The molecule has 0 saturated carbocycles. The Labute approximate surface area is 130 Å². The van der Waals surface area contributed by atoms with Gasteiger partial charge < -0.3 is 10.3 Å². The molecule has 3 rings (SSSR count). The topological polar surface area (TPSA) is 96.7 Å². The van der Waals surface area contributed by atoms with Crippen molar-refractivity contribution in [2.24, 2.45) is 0 Å². The Balaban J connectivity index is 1.91. The van der Waals surface area contributed by atoms with Crippen molar-refractivity contribution < 1.29 is 4.92 Å². The van der Waals surface area contributed by atoms with Gasteiger partial charge in [-0.25, -0.2) is 9.97 Å². The van der Waals surface area contributed by atoms with Crippen LogP contribution in [-0.2, 0) is 0 Å². The number of fused-ring (bicyclic) bond motifs is 1. The van der Waals surface area contributed by atoms with Gasteiger partial charge in [-0.05, 0) is 24.6 Å². The van der Waals surface area contributed by atoms with Gasteiger partial charge in [0, 0.05) is 12.1 Å². The molecule has 0 saturated heterocycles. The smallest absolute Gasteiger partial charge is 0.310 e. The maximum absolute atomic E-state index is 11.1. The van der Waals surface area contributed by atoms with E-state index in [1.165, 1.54) is 6.07 Å². The van der Waals surface area contributed by atoms with Crippen molar-refractivity contribution in [3.8, 4) is 0 Å². The van der Waals surface area contributed by atoms with Crippen molar-refractivity contribution in [3.05, 3.63) is 57.6 Å². The zero-order valence-electron chi connectivity index (χ0n) is 11.6. The fourth-order valence-electron chi connectivity index (χ4n) is 2.22. The van der Waals surface area contributed by atoms with Crippen LogP contribution in [0.25, 0.3) is 11.0 Å². The molecule has 1 atom stereocenters. The highest BCUT2D eigenvalue weighted by molar-refractivity contribution is 6.29. The van der Waals surface area contributed by atoms with Crippen LogP contribution in [0.1, 0.15) is 18.5 Å². The van der Waals surface area contributed by atoms with Gasteiger partial charge in [-0.3, -0.25) is 10.1 Å². The summed E-state index contributed by atoms with van der Waals surface area (Å²) >= 11 is 5.83. The fraction of sp³-hybridized carbons (Fsp3) is 0.143. The number of aromatic nitrogens is 3. The van der Waals surface area contributed by atoms with Gasteiger partial charge in [-0.15, -0.1) is 0 Å². The quantitative estimate of drug-likeness (QED) is 0.434. The largest absolute Gasteiger partial charge is 0.373 e. The molecule has 8 heteroatoms. The number of nitrogens with zero attached hydrogens (tertiary/aromatic N) is 3. The third kappa shape index (κ3) is 2.71. The summed E-state index contributed by atoms with van der Waals surface area (Å²) in [6, 6.07) is 7.08. The Morgan fingerprint density at radius 1 is 1.36 bits per heavy atom. The van der Waals surface area contributed by atoms with Gasteiger partial charge in [0.15, 0.2) is 0 Å². The summed E-state index contributed by atoms with van der Waals surface area (Å²) in [5.41, 5.74) is 2.96. The predicted molar refractivity (Wildman–Crippen MR) is 84.0 cm³/mol. The summed E-state index contributed by atoms with van der Waals surface area (Å²) in [5, 5.41) is 14.4. The van der Waals surface area contributed by atoms with Crippen LogP contribution >= 0.6 is 11.6 Å². The molecule has 3 aromatic rings. The molecule has 22 heavy (non-hydrogen) atoms. The number of pyridine rings is 1. The van der Waals surface area contributed by atoms with Crippen LogP contribution in [-0.4, -0.2) is 19.9 Å². The molecule has 0 radical (unpaired) electrons. The molecule has 2 aromatic heterocycles. The second-order valence-electron chi connectivity index (χ2n) is 4.83. The highest BCUT2D eigenvalue weighted by Crippen LogP contribution is 2.29. The molecule has 112 valence electrons. The van der Waals surface area contributed by atoms with E-state index in [1.807, 2.05) is 25.1 Å². The number of imidazole rings is 1. The van der Waals surface area contributed by atoms with Crippen LogP contribution in [0.2, 0.25) is 5.15 Å². The van der Waals surface area contributed by atoms with E-state index >= 15 is 0 Å². The maximum atomic E-state index is 11.1. The molecule has 0 aliphatic rings. The molecule has 1 aromatic carbocycles. The first-order valence-corrected chi connectivity index (χ1v) is 6.92. The Bertz CT molecular complexity index is 848. The SMILES string of the molecule is C[C@H](Nc1cc(Cl)ncc1[N+](=O)[O-])c1ccc2[nH]cnc2c1. The molecule has 7 nitrogen and oxygen atoms in total. The average molecular weight is 318 g/mol. The normalized spacial score (nSPS) is 12.3. The first-order chi connectivity index (χ1) is 10.5. The summed E-state index contributed by atoms with van der Waals surface area (Å²) in [6.07, 6.45) is 2.77. The number of hydrogen-bond acceptors (Lipinski definition) is 5. The highest BCUT2D eigenvalue weighted by Gasteiger charge is 2.17. The lowest BCUT2D eigenvalue weighted by Crippen LogP contribution is -2.08. The van der Waals surface area contributed by atoms with Gasteiger partial charge in [0.1, 0.15) is 17.0 Å². The minimum absolute atomic E-state index is 0.114. The average Bonchev–Trinajstić information content (AvgIpc) is 2.94. The van der Waals surface area contributed by atoms with Gasteiger partial charge >= 0.3 is 5.69 Å². The number of hydrogen-bond donors (Lipinski definition) is 2. The van der Waals surface area contributed by atoms with E-state index in [-0.39, 0.29) is 16.9 Å². The first kappa shape index (κ1) is 14.3. The molecule has 0 aliphatic heterocycles. The lowest BCUT2D eigenvalue weighted by molar-refractivity contribution is -0.384. The number of anilines is 1. The van der Waals surface area contributed by atoms with Crippen molar-refractivity contribution in [1.29, 1.82) is 0 Å². The summed E-state index contributed by atoms with van der Waals surface area (Å²) in [4.78, 5) is 21.5. The van der Waals surface area contributed by atoms with Crippen molar-refractivity contribution >= 4 is 34.0 Å². The van der Waals surface area contributed by atoms with E-state index in [0.29, 0.717) is 5.69 Å². The molecule has 0 amide bonds. The maximum Gasteiger partial charge on any atom is 0.310 e. The zero-order chi connectivity index (χ0) is 15.7. The second-order valence-corrected chi connectivity index (χ2v) is 5.21. The number of nitro groups is 1. The summed E-state index contributed by atoms with van der Waals surface area (Å²) in [6.45, 7) is 1.91. The Hall–Kier alpha value is -2.67. The van der Waals surface area contributed by atoms with Gasteiger partial charge in [0.25, 0.3) is 0 Å². The molecular formula is C14H12ClN5O2. The number of nitrogens with one attached hydrogen (secondary N) is 2. The molecule has 0 unspecified atom stereocenters. The number of aromatic amines is 1. The van der Waals surface area contributed by atoms with E-state index in [9.17, 15) is 10.1 Å². The monoisotopic (exact) mass is 317 g/mol. The van der Waals surface area contributed by atoms with E-state index < -0.39 is 4.92 Å². The summed E-state index contributed by atoms with van der Waals surface area (Å²) in [5.74, 6) is 0. The lowest BCUT2D eigenvalue weighted by atomic mass is 10.1. The Kier molecular flexibility index (Phi) is 3.64. The molecule has 0 spiro atoms. The van der Waals surface area contributed by atoms with Crippen LogP contribution in [0, 0.1) is 10.1 Å². The first-order valence-electron chi connectivity index (χ1n) is 6.54. The third-order valence-corrected chi connectivity index (χ3v) is 3.57. The van der Waals surface area contributed by atoms with Gasteiger partial charge in [-0.2, -0.15) is 0 Å². The molecule has 0 fully saturated rings. The number of benzene rings is 1. The van der Waals surface area contributed by atoms with Crippen LogP contribution in [0.3, 0.4) is 0 Å². The molecular weight excluding hydrogens is 306 g/mol. The lowest BCUT2D eigenvalue weighted by Gasteiger charge is -2.15. The van der Waals surface area contributed by atoms with E-state index in [2.05, 4.69) is 20.3 Å². The van der Waals surface area contributed by atoms with Crippen molar-refractivity contribution in [2.45, 2.75) is 13.0 Å². The van der Waals surface area contributed by atoms with Gasteiger partial charge in [0.2, 0.25) is 0 Å². The van der Waals surface area contributed by atoms with Crippen LogP contribution in [0.4, 0.5) is 11.4 Å². The number of H-pyrrole nitrogens is 1. The molecule has 0 bridgehead atoms. The van der Waals surface area contributed by atoms with Gasteiger partial charge in [0.05, 0.1) is 22.3 Å². The third-order valence-electron chi connectivity index (χ3n) is 3.36. The predicted octanol–water partition coefficient (Wildman–Crippen LogP) is 3.69. The van der Waals surface area contributed by atoms with Gasteiger partial charge in [-0.1, -0.05) is 17.7 Å². The van der Waals surface area contributed by atoms with Crippen molar-refractivity contribution in [1.82, 2.24) is 15.0 Å². The Morgan fingerprint density at radius 2 is 2.18 bits per heavy atom. The minimum Gasteiger partial charge on any atom is -0.373 e. The zero-order valence-corrected chi connectivity index (χ0v) is 12.3. The van der Waals surface area contributed by atoms with E-state index in [0.717, 1.165) is 22.8 Å². The Morgan fingerprint density at radius 3 is 2.95 bits per heavy atom. The van der Waals surface area contributed by atoms with E-state index in [4.69, 9.17) is 11.6 Å². The minimum atomic E-state index is -0.491. The number of halogens is 1. The van der Waals surface area contributed by atoms with Crippen LogP contribution in [0.5, 0.6) is 0 Å². The summed E-state index contributed by atoms with van der Waals surface area (Å²) in [7, 11) is 0. The number of rotatable bonds is 4. The van der Waals surface area contributed by atoms with Crippen LogP contribution in [0.15, 0.2) is 36.8 Å². The van der Waals surface area contributed by atoms with E-state index in [1.54, 1.807) is 6.33 Å². The molecule has 2 N–H and O–H groups in total. The summed E-state index contributed by atoms with van der Waals surface area (Å²) < 4.78 is 0. The second kappa shape index (κ2) is 5.61.